The maximum atomic E-state index is 13.8. The molecule has 0 bridgehead atoms. The van der Waals surface area contributed by atoms with Gasteiger partial charge in [-0.2, -0.15) is 0 Å². The van der Waals surface area contributed by atoms with Gasteiger partial charge < -0.3 is 5.73 Å². The van der Waals surface area contributed by atoms with Gasteiger partial charge in [-0.1, -0.05) is 30.3 Å². The summed E-state index contributed by atoms with van der Waals surface area (Å²) in [6.07, 6.45) is 0. The van der Waals surface area contributed by atoms with Crippen LogP contribution in [0.15, 0.2) is 76.5 Å². The van der Waals surface area contributed by atoms with Gasteiger partial charge >= 0.3 is 0 Å². The molecule has 6 nitrogen and oxygen atoms in total. The number of aryl methyl sites for hydroxylation is 3. The molecule has 5 rings (SSSR count). The average Bonchev–Trinajstić information content (AvgIpc) is 3.05. The monoisotopic (exact) mass is 442 g/mol. The van der Waals surface area contributed by atoms with Crippen LogP contribution in [0.25, 0.3) is 27.9 Å². The topological polar surface area (TPSA) is 90.9 Å². The van der Waals surface area contributed by atoms with Crippen molar-refractivity contribution in [1.82, 2.24) is 14.5 Å². The Morgan fingerprint density at radius 2 is 1.53 bits per heavy atom. The first kappa shape index (κ1) is 20.2. The van der Waals surface area contributed by atoms with Crippen molar-refractivity contribution in [2.75, 3.05) is 5.73 Å². The van der Waals surface area contributed by atoms with Crippen molar-refractivity contribution < 1.29 is 8.42 Å². The molecule has 32 heavy (non-hydrogen) atoms. The molecule has 0 aliphatic carbocycles. The summed E-state index contributed by atoms with van der Waals surface area (Å²) in [7, 11) is -3.95. The van der Waals surface area contributed by atoms with Gasteiger partial charge in [0.05, 0.1) is 15.9 Å². The van der Waals surface area contributed by atoms with Crippen molar-refractivity contribution in [3.05, 3.63) is 83.4 Å². The van der Waals surface area contributed by atoms with Crippen LogP contribution in [0.4, 0.5) is 5.82 Å². The van der Waals surface area contributed by atoms with E-state index in [9.17, 15) is 8.42 Å². The molecule has 0 atom stereocenters. The number of aromatic nitrogens is 3. The number of nitrogens with zero attached hydrogens (tertiary/aromatic N) is 3. The number of fused-ring (bicyclic) bond motifs is 2. The summed E-state index contributed by atoms with van der Waals surface area (Å²) in [4.78, 5) is 9.62. The third kappa shape index (κ3) is 3.05. The first-order valence-corrected chi connectivity index (χ1v) is 11.7. The third-order valence-electron chi connectivity index (χ3n) is 5.77. The first-order chi connectivity index (χ1) is 15.3. The van der Waals surface area contributed by atoms with Crippen molar-refractivity contribution in [3.63, 3.8) is 0 Å². The molecule has 2 heterocycles. The number of nitrogens with two attached hydrogens (primary N) is 1. The molecule has 0 radical (unpaired) electrons. The number of hydrogen-bond acceptors (Lipinski definition) is 5. The molecule has 0 amide bonds. The Hall–Kier alpha value is -3.71. The van der Waals surface area contributed by atoms with Crippen molar-refractivity contribution in [2.24, 2.45) is 0 Å². The fourth-order valence-electron chi connectivity index (χ4n) is 3.93. The van der Waals surface area contributed by atoms with Crippen molar-refractivity contribution in [3.8, 4) is 5.69 Å². The number of anilines is 1. The van der Waals surface area contributed by atoms with Gasteiger partial charge in [0, 0.05) is 5.69 Å². The molecular formula is C25H22N4O2S. The van der Waals surface area contributed by atoms with Gasteiger partial charge in [0.2, 0.25) is 9.84 Å². The molecule has 160 valence electrons. The number of benzene rings is 3. The minimum Gasteiger partial charge on any atom is -0.384 e. The summed E-state index contributed by atoms with van der Waals surface area (Å²) in [5.41, 5.74) is 12.2. The first-order valence-electron chi connectivity index (χ1n) is 10.2. The smallest absolute Gasteiger partial charge is 0.212 e. The number of nitrogen functional groups attached to an aromatic ring is 1. The van der Waals surface area contributed by atoms with E-state index >= 15 is 0 Å². The SMILES string of the molecule is Cc1cccc(-n2c(N)c(S(=O)(=O)c3ccc(C)c(C)c3)c3nc4ccccc4nc32)c1. The molecule has 7 heteroatoms. The van der Waals surface area contributed by atoms with E-state index in [1.54, 1.807) is 22.8 Å². The van der Waals surface area contributed by atoms with E-state index in [-0.39, 0.29) is 21.1 Å². The van der Waals surface area contributed by atoms with Crippen LogP contribution < -0.4 is 5.73 Å². The Bertz CT molecular complexity index is 1640. The van der Waals surface area contributed by atoms with Crippen molar-refractivity contribution in [2.45, 2.75) is 30.6 Å². The Morgan fingerprint density at radius 3 is 2.22 bits per heavy atom. The molecule has 2 aromatic heterocycles. The lowest BCUT2D eigenvalue weighted by atomic mass is 10.1. The molecule has 0 aliphatic heterocycles. The van der Waals surface area contributed by atoms with Gasteiger partial charge in [-0.15, -0.1) is 0 Å². The number of rotatable bonds is 3. The Balaban J connectivity index is 1.91. The van der Waals surface area contributed by atoms with Crippen LogP contribution in [-0.2, 0) is 9.84 Å². The van der Waals surface area contributed by atoms with Gasteiger partial charge in [-0.05, 0) is 73.9 Å². The third-order valence-corrected chi connectivity index (χ3v) is 7.58. The summed E-state index contributed by atoms with van der Waals surface area (Å²) in [6.45, 7) is 5.81. The zero-order chi connectivity index (χ0) is 22.6. The van der Waals surface area contributed by atoms with E-state index in [0.29, 0.717) is 16.7 Å². The Kier molecular flexibility index (Phi) is 4.53. The Morgan fingerprint density at radius 1 is 0.812 bits per heavy atom. The summed E-state index contributed by atoms with van der Waals surface area (Å²) in [5.74, 6) is 0.0964. The van der Waals surface area contributed by atoms with Crippen LogP contribution in [0, 0.1) is 20.8 Å². The van der Waals surface area contributed by atoms with E-state index in [2.05, 4.69) is 0 Å². The maximum Gasteiger partial charge on any atom is 0.212 e. The van der Waals surface area contributed by atoms with E-state index in [0.717, 1.165) is 22.4 Å². The van der Waals surface area contributed by atoms with Gasteiger partial charge in [-0.25, -0.2) is 18.4 Å². The van der Waals surface area contributed by atoms with Crippen LogP contribution in [0.5, 0.6) is 0 Å². The fraction of sp³-hybridized carbons (Fsp3) is 0.120. The molecular weight excluding hydrogens is 420 g/mol. The number of sulfone groups is 1. The largest absolute Gasteiger partial charge is 0.384 e. The average molecular weight is 443 g/mol. The van der Waals surface area contributed by atoms with Gasteiger partial charge in [0.1, 0.15) is 16.2 Å². The highest BCUT2D eigenvalue weighted by molar-refractivity contribution is 7.92. The predicted molar refractivity (Wildman–Crippen MR) is 127 cm³/mol. The minimum atomic E-state index is -3.95. The van der Waals surface area contributed by atoms with Crippen LogP contribution in [0.1, 0.15) is 16.7 Å². The highest BCUT2D eigenvalue weighted by Gasteiger charge is 2.31. The maximum absolute atomic E-state index is 13.8. The van der Waals surface area contributed by atoms with Crippen molar-refractivity contribution >= 4 is 37.9 Å². The summed E-state index contributed by atoms with van der Waals surface area (Å²) in [6, 6.07) is 20.2. The molecule has 0 aliphatic rings. The molecule has 0 spiro atoms. The minimum absolute atomic E-state index is 0.0180. The lowest BCUT2D eigenvalue weighted by Gasteiger charge is -2.10. The summed E-state index contributed by atoms with van der Waals surface area (Å²) >= 11 is 0. The molecule has 0 saturated heterocycles. The number of hydrogen-bond donors (Lipinski definition) is 1. The second kappa shape index (κ2) is 7.17. The normalized spacial score (nSPS) is 12.0. The zero-order valence-corrected chi connectivity index (χ0v) is 18.8. The number of para-hydroxylation sites is 2. The Labute approximate surface area is 186 Å². The fourth-order valence-corrected chi connectivity index (χ4v) is 5.50. The van der Waals surface area contributed by atoms with Crippen LogP contribution in [0.3, 0.4) is 0 Å². The highest BCUT2D eigenvalue weighted by Crippen LogP contribution is 2.37. The molecule has 3 aromatic carbocycles. The van der Waals surface area contributed by atoms with Gasteiger partial charge in [0.25, 0.3) is 0 Å². The molecule has 5 aromatic rings. The quantitative estimate of drug-likeness (QED) is 0.428. The summed E-state index contributed by atoms with van der Waals surface area (Å²) in [5, 5.41) is 0. The van der Waals surface area contributed by atoms with Gasteiger partial charge in [-0.3, -0.25) is 4.57 Å². The van der Waals surface area contributed by atoms with E-state index in [1.165, 1.54) is 0 Å². The predicted octanol–water partition coefficient (Wildman–Crippen LogP) is 4.91. The lowest BCUT2D eigenvalue weighted by Crippen LogP contribution is -2.08. The lowest BCUT2D eigenvalue weighted by molar-refractivity contribution is 0.597. The molecule has 0 unspecified atom stereocenters. The van der Waals surface area contributed by atoms with E-state index in [4.69, 9.17) is 15.7 Å². The van der Waals surface area contributed by atoms with E-state index in [1.807, 2.05) is 69.3 Å². The molecule has 0 saturated carbocycles. The molecule has 0 fully saturated rings. The highest BCUT2D eigenvalue weighted by atomic mass is 32.2. The van der Waals surface area contributed by atoms with Crippen LogP contribution in [-0.4, -0.2) is 23.0 Å². The van der Waals surface area contributed by atoms with Gasteiger partial charge in [0.15, 0.2) is 5.65 Å². The summed E-state index contributed by atoms with van der Waals surface area (Å²) < 4.78 is 29.3. The van der Waals surface area contributed by atoms with Crippen LogP contribution >= 0.6 is 0 Å². The van der Waals surface area contributed by atoms with Crippen molar-refractivity contribution in [1.29, 1.82) is 0 Å². The van der Waals surface area contributed by atoms with E-state index < -0.39 is 9.84 Å². The zero-order valence-electron chi connectivity index (χ0n) is 18.0. The molecule has 2 N–H and O–H groups in total. The van der Waals surface area contributed by atoms with Crippen LogP contribution in [0.2, 0.25) is 0 Å². The second-order valence-electron chi connectivity index (χ2n) is 8.02. The standard InChI is InChI=1S/C25H22N4O2S/c1-15-7-6-8-18(13-15)29-24(26)23(32(30,31)19-12-11-16(2)17(3)14-19)22-25(29)28-21-10-5-4-9-20(21)27-22/h4-14H,26H2,1-3H3. The second-order valence-corrected chi connectivity index (χ2v) is 9.91.